The number of piperazine rings is 1. The zero-order chi connectivity index (χ0) is 18.2. The molecule has 0 amide bonds. The van der Waals surface area contributed by atoms with Crippen molar-refractivity contribution in [3.63, 3.8) is 0 Å². The maximum atomic E-state index is 12.6. The van der Waals surface area contributed by atoms with Gasteiger partial charge in [-0.3, -0.25) is 4.90 Å². The van der Waals surface area contributed by atoms with Crippen LogP contribution in [-0.2, 0) is 0 Å². The molecule has 25 heavy (non-hydrogen) atoms. The zero-order valence-corrected chi connectivity index (χ0v) is 14.5. The smallest absolute Gasteiger partial charge is 0.352 e. The fourth-order valence-corrected chi connectivity index (χ4v) is 3.13. The molecule has 1 fully saturated rings. The lowest BCUT2D eigenvalue weighted by atomic mass is 10.2. The van der Waals surface area contributed by atoms with Crippen molar-refractivity contribution < 1.29 is 13.2 Å². The highest BCUT2D eigenvalue weighted by atomic mass is 19.4. The molecule has 1 unspecified atom stereocenters. The van der Waals surface area contributed by atoms with Gasteiger partial charge in [-0.25, -0.2) is 4.68 Å². The van der Waals surface area contributed by atoms with E-state index >= 15 is 0 Å². The molecule has 1 aliphatic rings. The van der Waals surface area contributed by atoms with Crippen LogP contribution in [-0.4, -0.2) is 63.3 Å². The summed E-state index contributed by atoms with van der Waals surface area (Å²) in [5.74, 6) is 1.29. The Hall–Kier alpha value is -2.16. The molecule has 0 aliphatic carbocycles. The molecule has 1 aliphatic heterocycles. The first-order valence-corrected chi connectivity index (χ1v) is 8.16. The van der Waals surface area contributed by atoms with Crippen LogP contribution in [0.5, 0.6) is 0 Å². The molecule has 0 N–H and O–H groups in total. The lowest BCUT2D eigenvalue weighted by Crippen LogP contribution is -2.54. The molecule has 9 heteroatoms. The molecule has 0 saturated carbocycles. The van der Waals surface area contributed by atoms with E-state index in [9.17, 15) is 13.2 Å². The SMILES string of the molecule is Cc1cc(C)n(-c2ccc(N3CCN(CC(F)(F)F)C(C)C3)nn2)n1. The zero-order valence-electron chi connectivity index (χ0n) is 14.5. The van der Waals surface area contributed by atoms with E-state index in [0.29, 0.717) is 31.3 Å². The van der Waals surface area contributed by atoms with Gasteiger partial charge in [-0.1, -0.05) is 0 Å². The topological polar surface area (TPSA) is 50.1 Å². The lowest BCUT2D eigenvalue weighted by molar-refractivity contribution is -0.150. The van der Waals surface area contributed by atoms with Gasteiger partial charge in [0.25, 0.3) is 0 Å². The van der Waals surface area contributed by atoms with Gasteiger partial charge in [-0.15, -0.1) is 10.2 Å². The van der Waals surface area contributed by atoms with Gasteiger partial charge in [0.2, 0.25) is 0 Å². The van der Waals surface area contributed by atoms with Gasteiger partial charge in [0.05, 0.1) is 12.2 Å². The number of rotatable bonds is 3. The standard InChI is InChI=1S/C16H21F3N6/c1-11-8-12(2)25(22-11)15-5-4-14(20-21-15)23-6-7-24(13(3)9-23)10-16(17,18)19/h4-5,8,13H,6-7,9-10H2,1-3H3. The largest absolute Gasteiger partial charge is 0.401 e. The first-order chi connectivity index (χ1) is 11.7. The molecule has 2 aromatic rings. The van der Waals surface area contributed by atoms with Crippen molar-refractivity contribution in [2.45, 2.75) is 33.0 Å². The van der Waals surface area contributed by atoms with E-state index in [4.69, 9.17) is 0 Å². The van der Waals surface area contributed by atoms with Gasteiger partial charge in [0.15, 0.2) is 11.6 Å². The highest BCUT2D eigenvalue weighted by Crippen LogP contribution is 2.22. The average molecular weight is 354 g/mol. The monoisotopic (exact) mass is 354 g/mol. The van der Waals surface area contributed by atoms with Crippen LogP contribution in [0.25, 0.3) is 5.82 Å². The van der Waals surface area contributed by atoms with E-state index in [0.717, 1.165) is 11.4 Å². The third-order valence-corrected chi connectivity index (χ3v) is 4.33. The van der Waals surface area contributed by atoms with Gasteiger partial charge in [0, 0.05) is 31.4 Å². The lowest BCUT2D eigenvalue weighted by Gasteiger charge is -2.40. The van der Waals surface area contributed by atoms with E-state index in [-0.39, 0.29) is 6.04 Å². The second-order valence-electron chi connectivity index (χ2n) is 6.47. The van der Waals surface area contributed by atoms with Gasteiger partial charge >= 0.3 is 6.18 Å². The molecule has 1 saturated heterocycles. The summed E-state index contributed by atoms with van der Waals surface area (Å²) in [6, 6.07) is 5.42. The molecule has 0 aromatic carbocycles. The summed E-state index contributed by atoms with van der Waals surface area (Å²) in [5.41, 5.74) is 1.87. The van der Waals surface area contributed by atoms with Crippen molar-refractivity contribution in [1.82, 2.24) is 24.9 Å². The van der Waals surface area contributed by atoms with E-state index in [1.54, 1.807) is 11.6 Å². The van der Waals surface area contributed by atoms with Crippen molar-refractivity contribution in [2.24, 2.45) is 0 Å². The number of anilines is 1. The second kappa shape index (κ2) is 6.62. The number of aryl methyl sites for hydroxylation is 2. The highest BCUT2D eigenvalue weighted by Gasteiger charge is 2.35. The van der Waals surface area contributed by atoms with Crippen molar-refractivity contribution in [3.8, 4) is 5.82 Å². The Morgan fingerprint density at radius 1 is 1.12 bits per heavy atom. The highest BCUT2D eigenvalue weighted by molar-refractivity contribution is 5.41. The molecule has 3 heterocycles. The number of halogens is 3. The first-order valence-electron chi connectivity index (χ1n) is 8.16. The number of hydrogen-bond donors (Lipinski definition) is 0. The van der Waals surface area contributed by atoms with Crippen LogP contribution >= 0.6 is 0 Å². The predicted molar refractivity (Wildman–Crippen MR) is 87.9 cm³/mol. The van der Waals surface area contributed by atoms with Crippen molar-refractivity contribution in [1.29, 1.82) is 0 Å². The Balaban J connectivity index is 1.68. The Kier molecular flexibility index (Phi) is 4.68. The van der Waals surface area contributed by atoms with Gasteiger partial charge in [-0.2, -0.15) is 18.3 Å². The van der Waals surface area contributed by atoms with Crippen LogP contribution in [0.4, 0.5) is 19.0 Å². The Morgan fingerprint density at radius 3 is 2.32 bits per heavy atom. The molecule has 2 aromatic heterocycles. The fourth-order valence-electron chi connectivity index (χ4n) is 3.13. The molecule has 0 spiro atoms. The van der Waals surface area contributed by atoms with Crippen molar-refractivity contribution in [3.05, 3.63) is 29.6 Å². The molecule has 0 radical (unpaired) electrons. The molecule has 6 nitrogen and oxygen atoms in total. The maximum absolute atomic E-state index is 12.6. The fraction of sp³-hybridized carbons (Fsp3) is 0.562. The third-order valence-electron chi connectivity index (χ3n) is 4.33. The molecular formula is C16H21F3N6. The normalized spacial score (nSPS) is 19.4. The Morgan fingerprint density at radius 2 is 1.80 bits per heavy atom. The minimum absolute atomic E-state index is 0.201. The Bertz CT molecular complexity index is 724. The molecule has 1 atom stereocenters. The minimum atomic E-state index is -4.17. The number of nitrogens with zero attached hydrogens (tertiary/aromatic N) is 6. The summed E-state index contributed by atoms with van der Waals surface area (Å²) in [7, 11) is 0. The van der Waals surface area contributed by atoms with Gasteiger partial charge < -0.3 is 4.90 Å². The second-order valence-corrected chi connectivity index (χ2v) is 6.47. The summed E-state index contributed by atoms with van der Waals surface area (Å²) < 4.78 is 39.5. The summed E-state index contributed by atoms with van der Waals surface area (Å²) in [6.45, 7) is 6.12. The predicted octanol–water partition coefficient (Wildman–Crippen LogP) is 2.35. The van der Waals surface area contributed by atoms with E-state index in [1.165, 1.54) is 4.90 Å². The summed E-state index contributed by atoms with van der Waals surface area (Å²) in [4.78, 5) is 3.42. The van der Waals surface area contributed by atoms with Crippen LogP contribution in [0, 0.1) is 13.8 Å². The van der Waals surface area contributed by atoms with Crippen LogP contribution in [0.3, 0.4) is 0 Å². The van der Waals surface area contributed by atoms with Crippen molar-refractivity contribution >= 4 is 5.82 Å². The molecule has 0 bridgehead atoms. The summed E-state index contributed by atoms with van der Waals surface area (Å²) in [5, 5.41) is 12.8. The van der Waals surface area contributed by atoms with Gasteiger partial charge in [-0.05, 0) is 39.0 Å². The minimum Gasteiger partial charge on any atom is -0.352 e. The van der Waals surface area contributed by atoms with E-state index < -0.39 is 12.7 Å². The average Bonchev–Trinajstić information content (AvgIpc) is 2.87. The van der Waals surface area contributed by atoms with E-state index in [2.05, 4.69) is 15.3 Å². The molecule has 136 valence electrons. The summed E-state index contributed by atoms with van der Waals surface area (Å²) >= 11 is 0. The number of hydrogen-bond acceptors (Lipinski definition) is 5. The van der Waals surface area contributed by atoms with Crippen LogP contribution in [0.2, 0.25) is 0 Å². The number of aromatic nitrogens is 4. The maximum Gasteiger partial charge on any atom is 0.401 e. The third kappa shape index (κ3) is 4.09. The van der Waals surface area contributed by atoms with E-state index in [1.807, 2.05) is 36.9 Å². The van der Waals surface area contributed by atoms with Crippen LogP contribution in [0.1, 0.15) is 18.3 Å². The number of alkyl halides is 3. The van der Waals surface area contributed by atoms with Crippen LogP contribution in [0.15, 0.2) is 18.2 Å². The van der Waals surface area contributed by atoms with Crippen molar-refractivity contribution in [2.75, 3.05) is 31.1 Å². The van der Waals surface area contributed by atoms with Gasteiger partial charge in [0.1, 0.15) is 0 Å². The molecule has 3 rings (SSSR count). The first kappa shape index (κ1) is 17.7. The molecular weight excluding hydrogens is 333 g/mol. The van der Waals surface area contributed by atoms with Crippen LogP contribution < -0.4 is 4.90 Å². The quantitative estimate of drug-likeness (QED) is 0.847. The summed E-state index contributed by atoms with van der Waals surface area (Å²) in [6.07, 6.45) is -4.17. The Labute approximate surface area is 144 Å².